The number of pyridine rings is 1. The van der Waals surface area contributed by atoms with Crippen molar-refractivity contribution in [2.45, 2.75) is 44.6 Å². The zero-order valence-electron chi connectivity index (χ0n) is 15.9. The summed E-state index contributed by atoms with van der Waals surface area (Å²) in [4.78, 5) is 16.8. The highest BCUT2D eigenvalue weighted by atomic mass is 35.5. The summed E-state index contributed by atoms with van der Waals surface area (Å²) in [6, 6.07) is 12.5. The van der Waals surface area contributed by atoms with Gasteiger partial charge in [0.15, 0.2) is 0 Å². The van der Waals surface area contributed by atoms with Crippen molar-refractivity contribution in [2.75, 3.05) is 5.32 Å². The molecule has 2 aromatic rings. The first-order chi connectivity index (χ1) is 12.7. The summed E-state index contributed by atoms with van der Waals surface area (Å²) in [6.07, 6.45) is 10.0. The molecule has 1 aromatic carbocycles. The lowest BCUT2D eigenvalue weighted by molar-refractivity contribution is -0.122. The first-order valence-electron chi connectivity index (χ1n) is 9.73. The van der Waals surface area contributed by atoms with E-state index in [1.807, 2.05) is 36.7 Å². The molecule has 2 bridgehead atoms. The van der Waals surface area contributed by atoms with Gasteiger partial charge in [-0.3, -0.25) is 9.78 Å². The maximum absolute atomic E-state index is 12.7. The fraction of sp³-hybridized carbons (Fsp3) is 0.455. The predicted octanol–water partition coefficient (Wildman–Crippen LogP) is 4.61. The van der Waals surface area contributed by atoms with E-state index >= 15 is 0 Å². The summed E-state index contributed by atoms with van der Waals surface area (Å²) >= 11 is 0. The van der Waals surface area contributed by atoms with Crippen molar-refractivity contribution in [1.29, 1.82) is 0 Å². The van der Waals surface area contributed by atoms with Gasteiger partial charge in [0.25, 0.3) is 0 Å². The Bertz CT molecular complexity index is 740. The molecule has 3 N–H and O–H groups in total. The van der Waals surface area contributed by atoms with Crippen molar-refractivity contribution in [3.05, 3.63) is 59.9 Å². The Kier molecular flexibility index (Phi) is 8.29. The molecular weight excluding hydrogens is 393 g/mol. The smallest absolute Gasteiger partial charge is 0.227 e. The number of nitrogens with zero attached hydrogens (tertiary/aromatic N) is 1. The van der Waals surface area contributed by atoms with Gasteiger partial charge < -0.3 is 11.1 Å². The molecule has 2 fully saturated rings. The van der Waals surface area contributed by atoms with Crippen molar-refractivity contribution >= 4 is 36.4 Å². The Balaban J connectivity index is 0.00000140. The molecule has 2 atom stereocenters. The molecule has 4 rings (SSSR count). The fourth-order valence-corrected chi connectivity index (χ4v) is 4.69. The number of carbonyl (C=O) groups is 1. The van der Waals surface area contributed by atoms with Gasteiger partial charge in [0, 0.05) is 30.0 Å². The second-order valence-corrected chi connectivity index (χ2v) is 7.92. The molecule has 28 heavy (non-hydrogen) atoms. The van der Waals surface area contributed by atoms with Crippen LogP contribution in [0.25, 0.3) is 0 Å². The highest BCUT2D eigenvalue weighted by Crippen LogP contribution is 2.42. The van der Waals surface area contributed by atoms with Gasteiger partial charge >= 0.3 is 0 Å². The van der Waals surface area contributed by atoms with Gasteiger partial charge in [-0.15, -0.1) is 24.8 Å². The second kappa shape index (κ2) is 10.2. The van der Waals surface area contributed by atoms with E-state index in [2.05, 4.69) is 22.4 Å². The number of nitrogens with two attached hydrogens (primary N) is 1. The van der Waals surface area contributed by atoms with E-state index in [0.29, 0.717) is 17.9 Å². The molecule has 1 heterocycles. The van der Waals surface area contributed by atoms with E-state index in [0.717, 1.165) is 24.9 Å². The zero-order chi connectivity index (χ0) is 17.9. The van der Waals surface area contributed by atoms with Gasteiger partial charge in [0.1, 0.15) is 0 Å². The first kappa shape index (κ1) is 22.7. The van der Waals surface area contributed by atoms with E-state index in [1.54, 1.807) is 0 Å². The number of anilines is 1. The van der Waals surface area contributed by atoms with E-state index in [4.69, 9.17) is 5.73 Å². The van der Waals surface area contributed by atoms with Gasteiger partial charge in [-0.25, -0.2) is 0 Å². The molecule has 2 saturated carbocycles. The normalized spacial score (nSPS) is 25.8. The average molecular weight is 422 g/mol. The van der Waals surface area contributed by atoms with Crippen LogP contribution in [-0.4, -0.2) is 16.9 Å². The van der Waals surface area contributed by atoms with Crippen molar-refractivity contribution in [3.8, 4) is 0 Å². The first-order valence-corrected chi connectivity index (χ1v) is 9.73. The topological polar surface area (TPSA) is 68.0 Å². The number of amides is 1. The van der Waals surface area contributed by atoms with Crippen LogP contribution in [0.4, 0.5) is 5.69 Å². The summed E-state index contributed by atoms with van der Waals surface area (Å²) in [5.74, 6) is 1.33. The van der Waals surface area contributed by atoms with Gasteiger partial charge in [-0.2, -0.15) is 0 Å². The Morgan fingerprint density at radius 1 is 0.964 bits per heavy atom. The minimum absolute atomic E-state index is 0. The molecule has 6 heteroatoms. The molecule has 0 aliphatic heterocycles. The number of carbonyl (C=O) groups excluding carboxylic acids is 1. The largest absolute Gasteiger partial charge is 0.327 e. The third-order valence-corrected chi connectivity index (χ3v) is 6.16. The number of halogens is 2. The molecule has 0 spiro atoms. The van der Waals surface area contributed by atoms with Gasteiger partial charge in [0.2, 0.25) is 5.91 Å². The summed E-state index contributed by atoms with van der Waals surface area (Å²) in [5.41, 5.74) is 9.69. The van der Waals surface area contributed by atoms with Crippen LogP contribution in [-0.2, 0) is 11.2 Å². The lowest BCUT2D eigenvalue weighted by Gasteiger charge is -2.43. The van der Waals surface area contributed by atoms with Crippen molar-refractivity contribution in [1.82, 2.24) is 4.98 Å². The average Bonchev–Trinajstić information content (AvgIpc) is 2.64. The van der Waals surface area contributed by atoms with E-state index in [-0.39, 0.29) is 36.6 Å². The molecule has 0 saturated heterocycles. The minimum atomic E-state index is 0. The summed E-state index contributed by atoms with van der Waals surface area (Å²) in [5, 5.41) is 3.12. The lowest BCUT2D eigenvalue weighted by Crippen LogP contribution is -2.48. The number of benzene rings is 1. The summed E-state index contributed by atoms with van der Waals surface area (Å²) in [6.45, 7) is 0. The third-order valence-electron chi connectivity index (χ3n) is 6.16. The minimum Gasteiger partial charge on any atom is -0.327 e. The van der Waals surface area contributed by atoms with E-state index in [1.165, 1.54) is 30.4 Å². The molecule has 2 aliphatic rings. The van der Waals surface area contributed by atoms with Crippen molar-refractivity contribution in [3.63, 3.8) is 0 Å². The predicted molar refractivity (Wildman–Crippen MR) is 118 cm³/mol. The van der Waals surface area contributed by atoms with Crippen molar-refractivity contribution in [2.24, 2.45) is 23.5 Å². The Labute approximate surface area is 179 Å². The standard InChI is InChI=1S/C22H27N3O.2ClH/c23-21-17-2-1-3-18(21)14-19(13-17)22(26)25-20-6-4-15(5-7-20)12-16-8-10-24-11-9-16;;/h4-11,17-19,21H,1-3,12-14,23H2,(H,25,26);2*1H. The third kappa shape index (κ3) is 5.25. The van der Waals surface area contributed by atoms with Gasteiger partial charge in [-0.1, -0.05) is 18.6 Å². The number of fused-ring (bicyclic) bond motifs is 2. The molecule has 0 radical (unpaired) electrons. The Morgan fingerprint density at radius 2 is 1.54 bits per heavy atom. The van der Waals surface area contributed by atoms with Gasteiger partial charge in [-0.05, 0) is 79.3 Å². The van der Waals surface area contributed by atoms with Crippen LogP contribution in [0, 0.1) is 17.8 Å². The molecule has 1 aromatic heterocycles. The number of rotatable bonds is 4. The molecule has 152 valence electrons. The molecular formula is C22H29Cl2N3O. The van der Waals surface area contributed by atoms with E-state index < -0.39 is 0 Å². The van der Waals surface area contributed by atoms with Gasteiger partial charge in [0.05, 0.1) is 0 Å². The highest BCUT2D eigenvalue weighted by Gasteiger charge is 2.40. The van der Waals surface area contributed by atoms with Crippen LogP contribution in [0.15, 0.2) is 48.8 Å². The quantitative estimate of drug-likeness (QED) is 0.756. The molecule has 2 unspecified atom stereocenters. The second-order valence-electron chi connectivity index (χ2n) is 7.92. The summed E-state index contributed by atoms with van der Waals surface area (Å²) < 4.78 is 0. The number of nitrogens with one attached hydrogen (secondary N) is 1. The van der Waals surface area contributed by atoms with Crippen molar-refractivity contribution < 1.29 is 4.79 Å². The SMILES string of the molecule is Cl.Cl.NC1C2CCCC1CC(C(=O)Nc1ccc(Cc3ccncc3)cc1)C2. The zero-order valence-corrected chi connectivity index (χ0v) is 17.6. The summed E-state index contributed by atoms with van der Waals surface area (Å²) in [7, 11) is 0. The van der Waals surface area contributed by atoms with Crippen LogP contribution < -0.4 is 11.1 Å². The Hall–Kier alpha value is -1.62. The number of hydrogen-bond donors (Lipinski definition) is 2. The highest BCUT2D eigenvalue weighted by molar-refractivity contribution is 5.92. The molecule has 4 nitrogen and oxygen atoms in total. The lowest BCUT2D eigenvalue weighted by atomic mass is 9.65. The van der Waals surface area contributed by atoms with Crippen LogP contribution in [0.5, 0.6) is 0 Å². The monoisotopic (exact) mass is 421 g/mol. The van der Waals surface area contributed by atoms with E-state index in [9.17, 15) is 4.79 Å². The fourth-order valence-electron chi connectivity index (χ4n) is 4.69. The Morgan fingerprint density at radius 3 is 2.14 bits per heavy atom. The maximum atomic E-state index is 12.7. The molecule has 2 aliphatic carbocycles. The van der Waals surface area contributed by atoms with Crippen LogP contribution >= 0.6 is 24.8 Å². The van der Waals surface area contributed by atoms with Crippen LogP contribution in [0.2, 0.25) is 0 Å². The van der Waals surface area contributed by atoms with Crippen LogP contribution in [0.3, 0.4) is 0 Å². The number of aromatic nitrogens is 1. The maximum Gasteiger partial charge on any atom is 0.227 e. The molecule has 1 amide bonds. The van der Waals surface area contributed by atoms with Crippen LogP contribution in [0.1, 0.15) is 43.2 Å². The number of hydrogen-bond acceptors (Lipinski definition) is 3.